The molecule has 10 heteroatoms. The summed E-state index contributed by atoms with van der Waals surface area (Å²) in [6, 6.07) is 10.7. The molecule has 2 heterocycles. The molecule has 7 nitrogen and oxygen atoms in total. The third kappa shape index (κ3) is 3.64. The van der Waals surface area contributed by atoms with Crippen LogP contribution in [-0.4, -0.2) is 31.1 Å². The molecule has 0 fully saturated rings. The number of fused-ring (bicyclic) bond motifs is 1. The SMILES string of the molecule is Nc1ncc2cc(-c3ncn(-c4ccc(OC(F)(F)F)cc4)n3)ccc2n1. The van der Waals surface area contributed by atoms with E-state index in [0.29, 0.717) is 17.0 Å². The molecule has 136 valence electrons. The van der Waals surface area contributed by atoms with Crippen LogP contribution in [0.5, 0.6) is 5.75 Å². The van der Waals surface area contributed by atoms with Crippen molar-refractivity contribution in [3.8, 4) is 22.8 Å². The Kier molecular flexibility index (Phi) is 3.87. The normalized spacial score (nSPS) is 11.7. The van der Waals surface area contributed by atoms with Gasteiger partial charge in [0.05, 0.1) is 11.2 Å². The number of benzene rings is 2. The number of alkyl halides is 3. The van der Waals surface area contributed by atoms with Gasteiger partial charge in [-0.25, -0.2) is 19.6 Å². The molecule has 0 atom stereocenters. The standard InChI is InChI=1S/C17H11F3N6O/c18-17(19,20)27-13-4-2-12(3-5-13)26-9-23-15(25-26)10-1-6-14-11(7-10)8-22-16(21)24-14/h1-9H,(H2,21,22,24). The van der Waals surface area contributed by atoms with Gasteiger partial charge < -0.3 is 10.5 Å². The van der Waals surface area contributed by atoms with Crippen LogP contribution in [0.15, 0.2) is 55.0 Å². The van der Waals surface area contributed by atoms with Gasteiger partial charge in [-0.1, -0.05) is 0 Å². The van der Waals surface area contributed by atoms with E-state index in [0.717, 1.165) is 10.9 Å². The first-order chi connectivity index (χ1) is 12.9. The zero-order valence-corrected chi connectivity index (χ0v) is 13.6. The van der Waals surface area contributed by atoms with Gasteiger partial charge in [0.2, 0.25) is 5.95 Å². The molecule has 0 radical (unpaired) electrons. The van der Waals surface area contributed by atoms with Crippen molar-refractivity contribution in [3.63, 3.8) is 0 Å². The first-order valence-corrected chi connectivity index (χ1v) is 7.68. The fourth-order valence-corrected chi connectivity index (χ4v) is 2.51. The average molecular weight is 372 g/mol. The summed E-state index contributed by atoms with van der Waals surface area (Å²) < 4.78 is 42.0. The topological polar surface area (TPSA) is 91.7 Å². The smallest absolute Gasteiger partial charge is 0.406 e. The molecule has 0 aliphatic carbocycles. The fraction of sp³-hybridized carbons (Fsp3) is 0.0588. The molecule has 2 N–H and O–H groups in total. The van der Waals surface area contributed by atoms with Gasteiger partial charge in [-0.2, -0.15) is 0 Å². The number of ether oxygens (including phenoxy) is 1. The zero-order chi connectivity index (χ0) is 19.0. The first-order valence-electron chi connectivity index (χ1n) is 7.68. The fourth-order valence-electron chi connectivity index (χ4n) is 2.51. The Labute approximate surface area is 150 Å². The molecule has 0 amide bonds. The molecular formula is C17H11F3N6O. The number of nitrogen functional groups attached to an aromatic ring is 1. The molecule has 0 saturated carbocycles. The Morgan fingerprint density at radius 2 is 1.78 bits per heavy atom. The van der Waals surface area contributed by atoms with Crippen LogP contribution in [0.2, 0.25) is 0 Å². The van der Waals surface area contributed by atoms with Crippen LogP contribution in [0.3, 0.4) is 0 Å². The lowest BCUT2D eigenvalue weighted by molar-refractivity contribution is -0.274. The maximum Gasteiger partial charge on any atom is 0.573 e. The largest absolute Gasteiger partial charge is 0.573 e. The van der Waals surface area contributed by atoms with E-state index in [-0.39, 0.29) is 11.7 Å². The summed E-state index contributed by atoms with van der Waals surface area (Å²) in [4.78, 5) is 12.3. The summed E-state index contributed by atoms with van der Waals surface area (Å²) >= 11 is 0. The van der Waals surface area contributed by atoms with E-state index in [9.17, 15) is 13.2 Å². The van der Waals surface area contributed by atoms with Gasteiger partial charge in [0.15, 0.2) is 5.82 Å². The lowest BCUT2D eigenvalue weighted by Gasteiger charge is -2.09. The van der Waals surface area contributed by atoms with Crippen LogP contribution in [-0.2, 0) is 0 Å². The number of anilines is 1. The molecule has 0 spiro atoms. The second kappa shape index (κ2) is 6.24. The van der Waals surface area contributed by atoms with E-state index in [1.165, 1.54) is 35.3 Å². The number of hydrogen-bond donors (Lipinski definition) is 1. The van der Waals surface area contributed by atoms with Gasteiger partial charge in [-0.3, -0.25) is 0 Å². The summed E-state index contributed by atoms with van der Waals surface area (Å²) in [5, 5.41) is 5.14. The quantitative estimate of drug-likeness (QED) is 0.593. The average Bonchev–Trinajstić information content (AvgIpc) is 3.10. The van der Waals surface area contributed by atoms with Gasteiger partial charge in [0.1, 0.15) is 12.1 Å². The maximum absolute atomic E-state index is 12.2. The predicted octanol–water partition coefficient (Wildman–Crippen LogP) is 3.36. The van der Waals surface area contributed by atoms with Crippen LogP contribution in [0.4, 0.5) is 19.1 Å². The van der Waals surface area contributed by atoms with E-state index in [1.54, 1.807) is 18.3 Å². The van der Waals surface area contributed by atoms with Gasteiger partial charge in [-0.05, 0) is 42.5 Å². The second-order valence-electron chi connectivity index (χ2n) is 5.56. The van der Waals surface area contributed by atoms with E-state index in [4.69, 9.17) is 5.73 Å². The number of nitrogens with two attached hydrogens (primary N) is 1. The van der Waals surface area contributed by atoms with Crippen molar-refractivity contribution in [3.05, 3.63) is 55.0 Å². The second-order valence-corrected chi connectivity index (χ2v) is 5.56. The van der Waals surface area contributed by atoms with Crippen molar-refractivity contribution in [2.45, 2.75) is 6.36 Å². The van der Waals surface area contributed by atoms with Gasteiger partial charge in [0.25, 0.3) is 0 Å². The lowest BCUT2D eigenvalue weighted by Crippen LogP contribution is -2.17. The Morgan fingerprint density at radius 3 is 2.52 bits per heavy atom. The van der Waals surface area contributed by atoms with Crippen LogP contribution < -0.4 is 10.5 Å². The molecule has 0 unspecified atom stereocenters. The van der Waals surface area contributed by atoms with E-state index < -0.39 is 6.36 Å². The van der Waals surface area contributed by atoms with Crippen molar-refractivity contribution in [2.75, 3.05) is 5.73 Å². The van der Waals surface area contributed by atoms with Crippen molar-refractivity contribution >= 4 is 16.9 Å². The van der Waals surface area contributed by atoms with E-state index >= 15 is 0 Å². The molecule has 0 aliphatic rings. The highest BCUT2D eigenvalue weighted by atomic mass is 19.4. The van der Waals surface area contributed by atoms with E-state index in [1.807, 2.05) is 6.07 Å². The van der Waals surface area contributed by atoms with Crippen molar-refractivity contribution < 1.29 is 17.9 Å². The molecule has 2 aromatic carbocycles. The highest BCUT2D eigenvalue weighted by Crippen LogP contribution is 2.24. The van der Waals surface area contributed by atoms with Crippen molar-refractivity contribution in [1.29, 1.82) is 0 Å². The van der Waals surface area contributed by atoms with E-state index in [2.05, 4.69) is 24.8 Å². The summed E-state index contributed by atoms with van der Waals surface area (Å²) in [7, 11) is 0. The first kappa shape index (κ1) is 16.8. The van der Waals surface area contributed by atoms with Crippen molar-refractivity contribution in [2.24, 2.45) is 0 Å². The van der Waals surface area contributed by atoms with Crippen LogP contribution in [0.1, 0.15) is 0 Å². The molecular weight excluding hydrogens is 361 g/mol. The lowest BCUT2D eigenvalue weighted by atomic mass is 10.1. The van der Waals surface area contributed by atoms with Crippen LogP contribution in [0.25, 0.3) is 28.0 Å². The number of halogens is 3. The highest BCUT2D eigenvalue weighted by Gasteiger charge is 2.30. The Morgan fingerprint density at radius 1 is 1.00 bits per heavy atom. The minimum Gasteiger partial charge on any atom is -0.406 e. The number of hydrogen-bond acceptors (Lipinski definition) is 6. The predicted molar refractivity (Wildman–Crippen MR) is 91.0 cm³/mol. The van der Waals surface area contributed by atoms with Crippen LogP contribution >= 0.6 is 0 Å². The Hall–Kier alpha value is -3.69. The Bertz CT molecular complexity index is 1110. The molecule has 4 rings (SSSR count). The summed E-state index contributed by atoms with van der Waals surface area (Å²) in [5.41, 5.74) is 7.55. The number of aromatic nitrogens is 5. The maximum atomic E-state index is 12.2. The van der Waals surface area contributed by atoms with Crippen LogP contribution in [0, 0.1) is 0 Å². The van der Waals surface area contributed by atoms with Gasteiger partial charge in [0, 0.05) is 17.1 Å². The Balaban J connectivity index is 1.61. The zero-order valence-electron chi connectivity index (χ0n) is 13.6. The molecule has 4 aromatic rings. The molecule has 27 heavy (non-hydrogen) atoms. The minimum atomic E-state index is -4.73. The molecule has 0 bridgehead atoms. The highest BCUT2D eigenvalue weighted by molar-refractivity contribution is 5.83. The summed E-state index contributed by atoms with van der Waals surface area (Å²) in [5.74, 6) is 0.334. The molecule has 0 aliphatic heterocycles. The number of nitrogens with zero attached hydrogens (tertiary/aromatic N) is 5. The van der Waals surface area contributed by atoms with Gasteiger partial charge in [-0.15, -0.1) is 18.3 Å². The monoisotopic (exact) mass is 372 g/mol. The molecule has 0 saturated heterocycles. The summed E-state index contributed by atoms with van der Waals surface area (Å²) in [6.07, 6.45) is -1.65. The summed E-state index contributed by atoms with van der Waals surface area (Å²) in [6.45, 7) is 0. The van der Waals surface area contributed by atoms with Gasteiger partial charge >= 0.3 is 6.36 Å². The number of rotatable bonds is 3. The minimum absolute atomic E-state index is 0.190. The van der Waals surface area contributed by atoms with Crippen molar-refractivity contribution in [1.82, 2.24) is 24.7 Å². The third-order valence-corrected chi connectivity index (χ3v) is 3.68. The molecule has 2 aromatic heterocycles. The third-order valence-electron chi connectivity index (χ3n) is 3.68.